The van der Waals surface area contributed by atoms with E-state index in [1.807, 2.05) is 19.4 Å². The second-order valence-electron chi connectivity index (χ2n) is 5.21. The molecular formula is C17H22N2. The monoisotopic (exact) mass is 254 g/mol. The number of pyridine rings is 1. The lowest BCUT2D eigenvalue weighted by molar-refractivity contribution is 0.586. The zero-order chi connectivity index (χ0) is 13.8. The second kappa shape index (κ2) is 5.98. The first-order valence-electron chi connectivity index (χ1n) is 6.75. The van der Waals surface area contributed by atoms with Gasteiger partial charge >= 0.3 is 0 Å². The Morgan fingerprint density at radius 2 is 1.79 bits per heavy atom. The average Bonchev–Trinajstić information content (AvgIpc) is 2.38. The highest BCUT2D eigenvalue weighted by molar-refractivity contribution is 5.35. The predicted octanol–water partition coefficient (Wildman–Crippen LogP) is 3.51. The van der Waals surface area contributed by atoms with Crippen molar-refractivity contribution in [3.63, 3.8) is 0 Å². The number of nitrogens with one attached hydrogen (secondary N) is 1. The highest BCUT2D eigenvalue weighted by atomic mass is 14.9. The molecule has 0 aliphatic carbocycles. The molecule has 1 heterocycles. The number of rotatable bonds is 4. The van der Waals surface area contributed by atoms with Crippen molar-refractivity contribution in [1.82, 2.24) is 10.3 Å². The highest BCUT2D eigenvalue weighted by Gasteiger charge is 2.13. The van der Waals surface area contributed by atoms with E-state index in [4.69, 9.17) is 0 Å². The van der Waals surface area contributed by atoms with Gasteiger partial charge in [0.15, 0.2) is 0 Å². The number of aryl methyl sites for hydroxylation is 3. The molecule has 1 atom stereocenters. The summed E-state index contributed by atoms with van der Waals surface area (Å²) < 4.78 is 0. The summed E-state index contributed by atoms with van der Waals surface area (Å²) in [5, 5.41) is 3.41. The van der Waals surface area contributed by atoms with Gasteiger partial charge in [-0.05, 0) is 62.1 Å². The van der Waals surface area contributed by atoms with Gasteiger partial charge in [0.05, 0.1) is 0 Å². The molecule has 0 saturated carbocycles. The Bertz CT molecular complexity index is 541. The minimum atomic E-state index is 0.312. The number of hydrogen-bond donors (Lipinski definition) is 1. The topological polar surface area (TPSA) is 24.9 Å². The standard InChI is InChI=1S/C17H22N2/c1-12-8-15(11-19-10-12)17(18-4)9-16-13(2)6-5-7-14(16)3/h5-8,10-11,17-18H,9H2,1-4H3. The summed E-state index contributed by atoms with van der Waals surface area (Å²) in [6.45, 7) is 6.45. The first-order chi connectivity index (χ1) is 9.11. The van der Waals surface area contributed by atoms with Gasteiger partial charge in [-0.2, -0.15) is 0 Å². The van der Waals surface area contributed by atoms with E-state index in [1.165, 1.54) is 27.8 Å². The SMILES string of the molecule is CNC(Cc1c(C)cccc1C)c1cncc(C)c1. The zero-order valence-corrected chi connectivity index (χ0v) is 12.2. The molecule has 0 saturated heterocycles. The third-order valence-corrected chi connectivity index (χ3v) is 3.70. The van der Waals surface area contributed by atoms with Crippen LogP contribution in [0.3, 0.4) is 0 Å². The number of nitrogens with zero attached hydrogens (tertiary/aromatic N) is 1. The normalized spacial score (nSPS) is 12.4. The summed E-state index contributed by atoms with van der Waals surface area (Å²) in [5.74, 6) is 0. The molecule has 1 aromatic carbocycles. The molecule has 0 bridgehead atoms. The molecule has 2 aromatic rings. The van der Waals surface area contributed by atoms with Gasteiger partial charge in [0.1, 0.15) is 0 Å². The highest BCUT2D eigenvalue weighted by Crippen LogP contribution is 2.22. The van der Waals surface area contributed by atoms with Crippen LogP contribution < -0.4 is 5.32 Å². The van der Waals surface area contributed by atoms with Crippen LogP contribution in [0.4, 0.5) is 0 Å². The maximum absolute atomic E-state index is 4.30. The minimum absolute atomic E-state index is 0.312. The molecule has 1 unspecified atom stereocenters. The fourth-order valence-corrected chi connectivity index (χ4v) is 2.53. The molecule has 0 fully saturated rings. The summed E-state index contributed by atoms with van der Waals surface area (Å²) in [6.07, 6.45) is 4.86. The molecule has 0 spiro atoms. The summed E-state index contributed by atoms with van der Waals surface area (Å²) >= 11 is 0. The van der Waals surface area contributed by atoms with Gasteiger partial charge in [-0.15, -0.1) is 0 Å². The van der Waals surface area contributed by atoms with Gasteiger partial charge in [0.25, 0.3) is 0 Å². The van der Waals surface area contributed by atoms with E-state index in [-0.39, 0.29) is 0 Å². The van der Waals surface area contributed by atoms with Crippen molar-refractivity contribution in [2.75, 3.05) is 7.05 Å². The van der Waals surface area contributed by atoms with Crippen molar-refractivity contribution in [1.29, 1.82) is 0 Å². The van der Waals surface area contributed by atoms with Crippen LogP contribution in [0.5, 0.6) is 0 Å². The quantitative estimate of drug-likeness (QED) is 0.903. The van der Waals surface area contributed by atoms with Gasteiger partial charge < -0.3 is 5.32 Å². The molecule has 19 heavy (non-hydrogen) atoms. The molecule has 2 nitrogen and oxygen atoms in total. The van der Waals surface area contributed by atoms with Gasteiger partial charge in [-0.3, -0.25) is 4.98 Å². The molecule has 100 valence electrons. The maximum atomic E-state index is 4.30. The van der Waals surface area contributed by atoms with Crippen LogP contribution in [-0.2, 0) is 6.42 Å². The lowest BCUT2D eigenvalue weighted by atomic mass is 9.93. The number of benzene rings is 1. The molecule has 0 amide bonds. The Morgan fingerprint density at radius 3 is 2.37 bits per heavy atom. The smallest absolute Gasteiger partial charge is 0.0374 e. The number of aromatic nitrogens is 1. The van der Waals surface area contributed by atoms with Crippen molar-refractivity contribution >= 4 is 0 Å². The largest absolute Gasteiger partial charge is 0.313 e. The van der Waals surface area contributed by atoms with Crippen LogP contribution in [0.2, 0.25) is 0 Å². The molecule has 1 N–H and O–H groups in total. The van der Waals surface area contributed by atoms with E-state index in [1.54, 1.807) is 0 Å². The van der Waals surface area contributed by atoms with Crippen LogP contribution in [0, 0.1) is 20.8 Å². The fraction of sp³-hybridized carbons (Fsp3) is 0.353. The number of hydrogen-bond acceptors (Lipinski definition) is 2. The molecule has 0 aliphatic heterocycles. The van der Waals surface area contributed by atoms with Gasteiger partial charge in [0, 0.05) is 18.4 Å². The second-order valence-corrected chi connectivity index (χ2v) is 5.21. The minimum Gasteiger partial charge on any atom is -0.313 e. The van der Waals surface area contributed by atoms with Gasteiger partial charge in [-0.1, -0.05) is 24.3 Å². The molecule has 2 heteroatoms. The lowest BCUT2D eigenvalue weighted by Crippen LogP contribution is -2.20. The Balaban J connectivity index is 2.29. The summed E-state index contributed by atoms with van der Waals surface area (Å²) in [4.78, 5) is 4.30. The van der Waals surface area contributed by atoms with Crippen molar-refractivity contribution in [3.8, 4) is 0 Å². The Hall–Kier alpha value is -1.67. The van der Waals surface area contributed by atoms with Crippen LogP contribution in [-0.4, -0.2) is 12.0 Å². The van der Waals surface area contributed by atoms with Crippen molar-refractivity contribution in [3.05, 3.63) is 64.5 Å². The number of likely N-dealkylation sites (N-methyl/N-ethyl adjacent to an activating group) is 1. The van der Waals surface area contributed by atoms with Gasteiger partial charge in [-0.25, -0.2) is 0 Å². The molecule has 2 rings (SSSR count). The zero-order valence-electron chi connectivity index (χ0n) is 12.2. The first kappa shape index (κ1) is 13.8. The molecule has 0 radical (unpaired) electrons. The Kier molecular flexibility index (Phi) is 4.33. The van der Waals surface area contributed by atoms with Crippen LogP contribution >= 0.6 is 0 Å². The Morgan fingerprint density at radius 1 is 1.11 bits per heavy atom. The van der Waals surface area contributed by atoms with E-state index in [9.17, 15) is 0 Å². The van der Waals surface area contributed by atoms with E-state index in [0.29, 0.717) is 6.04 Å². The van der Waals surface area contributed by atoms with E-state index in [2.05, 4.69) is 55.3 Å². The maximum Gasteiger partial charge on any atom is 0.0374 e. The van der Waals surface area contributed by atoms with Crippen LogP contribution in [0.1, 0.15) is 33.9 Å². The third-order valence-electron chi connectivity index (χ3n) is 3.70. The molecular weight excluding hydrogens is 232 g/mol. The average molecular weight is 254 g/mol. The molecule has 0 aliphatic rings. The van der Waals surface area contributed by atoms with E-state index < -0.39 is 0 Å². The first-order valence-corrected chi connectivity index (χ1v) is 6.75. The fourth-order valence-electron chi connectivity index (χ4n) is 2.53. The Labute approximate surface area is 115 Å². The van der Waals surface area contributed by atoms with Crippen molar-refractivity contribution in [2.45, 2.75) is 33.2 Å². The molecule has 1 aromatic heterocycles. The predicted molar refractivity (Wildman–Crippen MR) is 80.4 cm³/mol. The summed E-state index contributed by atoms with van der Waals surface area (Å²) in [6, 6.07) is 9.01. The third kappa shape index (κ3) is 3.21. The van der Waals surface area contributed by atoms with E-state index >= 15 is 0 Å². The van der Waals surface area contributed by atoms with E-state index in [0.717, 1.165) is 6.42 Å². The van der Waals surface area contributed by atoms with Crippen molar-refractivity contribution < 1.29 is 0 Å². The lowest BCUT2D eigenvalue weighted by Gasteiger charge is -2.19. The summed E-state index contributed by atoms with van der Waals surface area (Å²) in [7, 11) is 2.01. The van der Waals surface area contributed by atoms with Crippen LogP contribution in [0.25, 0.3) is 0 Å². The van der Waals surface area contributed by atoms with Gasteiger partial charge in [0.2, 0.25) is 0 Å². The van der Waals surface area contributed by atoms with Crippen LogP contribution in [0.15, 0.2) is 36.7 Å². The van der Waals surface area contributed by atoms with Crippen molar-refractivity contribution in [2.24, 2.45) is 0 Å². The summed E-state index contributed by atoms with van der Waals surface area (Å²) in [5.41, 5.74) is 6.62.